The molecule has 20 heavy (non-hydrogen) atoms. The van der Waals surface area contributed by atoms with Crippen LogP contribution >= 0.6 is 0 Å². The summed E-state index contributed by atoms with van der Waals surface area (Å²) in [5, 5.41) is 10.6. The molecule has 0 aromatic rings. The first-order valence-electron chi connectivity index (χ1n) is 7.91. The lowest BCUT2D eigenvalue weighted by molar-refractivity contribution is -0.0214. The predicted octanol–water partition coefficient (Wildman–Crippen LogP) is 5.03. The van der Waals surface area contributed by atoms with Gasteiger partial charge in [0, 0.05) is 0 Å². The molecule has 3 aliphatic rings. The Morgan fingerprint density at radius 1 is 1.40 bits per heavy atom. The molecule has 1 fully saturated rings. The lowest BCUT2D eigenvalue weighted by Crippen LogP contribution is -2.50. The Morgan fingerprint density at radius 2 is 2.05 bits per heavy atom. The molecule has 0 radical (unpaired) electrons. The molecular weight excluding hydrogens is 244 g/mol. The Labute approximate surface area is 124 Å². The van der Waals surface area contributed by atoms with Crippen LogP contribution in [0.3, 0.4) is 0 Å². The highest BCUT2D eigenvalue weighted by Crippen LogP contribution is 2.60. The van der Waals surface area contributed by atoms with Gasteiger partial charge in [0.1, 0.15) is 0 Å². The highest BCUT2D eigenvalue weighted by atomic mass is 16.3. The maximum absolute atomic E-state index is 10.6. The number of hydrogen-bond donors (Lipinski definition) is 1. The maximum Gasteiger partial charge on any atom is 0.0790 e. The molecule has 0 aromatic carbocycles. The quantitative estimate of drug-likeness (QED) is 0.697. The molecule has 0 heterocycles. The summed E-state index contributed by atoms with van der Waals surface area (Å²) >= 11 is 0. The Bertz CT molecular complexity index is 460. The van der Waals surface area contributed by atoms with E-state index in [0.29, 0.717) is 17.8 Å². The Balaban J connectivity index is 1.96. The molecule has 0 unspecified atom stereocenters. The number of aliphatic hydroxyl groups is 1. The molecule has 112 valence electrons. The third kappa shape index (κ3) is 2.79. The molecule has 2 bridgehead atoms. The van der Waals surface area contributed by atoms with Gasteiger partial charge in [-0.1, -0.05) is 43.2 Å². The molecule has 0 aromatic heterocycles. The number of allylic oxidation sites excluding steroid dienone is 3. The molecule has 3 rings (SSSR count). The molecular formula is C19H30O. The van der Waals surface area contributed by atoms with E-state index in [-0.39, 0.29) is 6.10 Å². The minimum atomic E-state index is -0.321. The second kappa shape index (κ2) is 5.52. The molecule has 1 nitrogen and oxygen atoms in total. The maximum atomic E-state index is 10.6. The summed E-state index contributed by atoms with van der Waals surface area (Å²) in [6.45, 7) is 15.3. The zero-order valence-electron chi connectivity index (χ0n) is 13.8. The van der Waals surface area contributed by atoms with Crippen LogP contribution in [-0.4, -0.2) is 11.2 Å². The number of rotatable bonds is 5. The van der Waals surface area contributed by atoms with Crippen LogP contribution in [0, 0.1) is 17.3 Å². The molecule has 1 N–H and O–H groups in total. The van der Waals surface area contributed by atoms with E-state index >= 15 is 0 Å². The topological polar surface area (TPSA) is 20.2 Å². The van der Waals surface area contributed by atoms with E-state index < -0.39 is 0 Å². The summed E-state index contributed by atoms with van der Waals surface area (Å²) < 4.78 is 0. The van der Waals surface area contributed by atoms with Gasteiger partial charge < -0.3 is 5.11 Å². The van der Waals surface area contributed by atoms with Crippen molar-refractivity contribution < 1.29 is 5.11 Å². The Morgan fingerprint density at radius 3 is 2.55 bits per heavy atom. The van der Waals surface area contributed by atoms with Crippen LogP contribution in [0.1, 0.15) is 60.3 Å². The third-order valence-electron chi connectivity index (χ3n) is 5.75. The van der Waals surface area contributed by atoms with Crippen LogP contribution in [0.15, 0.2) is 34.9 Å². The summed E-state index contributed by atoms with van der Waals surface area (Å²) in [7, 11) is 0. The monoisotopic (exact) mass is 274 g/mol. The normalized spacial score (nSPS) is 28.2. The lowest BCUT2D eigenvalue weighted by Gasteiger charge is -2.57. The summed E-state index contributed by atoms with van der Waals surface area (Å²) in [5.41, 5.74) is 5.57. The fourth-order valence-corrected chi connectivity index (χ4v) is 3.79. The van der Waals surface area contributed by atoms with Crippen LogP contribution in [0.4, 0.5) is 0 Å². The van der Waals surface area contributed by atoms with E-state index in [1.807, 2.05) is 0 Å². The molecule has 3 atom stereocenters. The average Bonchev–Trinajstić information content (AvgIpc) is 2.37. The molecule has 0 spiro atoms. The first-order chi connectivity index (χ1) is 9.23. The van der Waals surface area contributed by atoms with Gasteiger partial charge in [0.25, 0.3) is 0 Å². The van der Waals surface area contributed by atoms with E-state index in [4.69, 9.17) is 0 Å². The smallest absolute Gasteiger partial charge is 0.0790 e. The van der Waals surface area contributed by atoms with Crippen molar-refractivity contribution in [2.45, 2.75) is 66.4 Å². The van der Waals surface area contributed by atoms with Crippen molar-refractivity contribution in [2.75, 3.05) is 0 Å². The van der Waals surface area contributed by atoms with Gasteiger partial charge >= 0.3 is 0 Å². The SMILES string of the molecule is C=C(CC(C)=C(C)C)C[C@@H](O)C1=CC[C@H]2C[C@@H]1C2(C)C. The van der Waals surface area contributed by atoms with Gasteiger partial charge in [-0.2, -0.15) is 0 Å². The van der Waals surface area contributed by atoms with E-state index in [1.54, 1.807) is 0 Å². The van der Waals surface area contributed by atoms with Gasteiger partial charge in [-0.3, -0.25) is 0 Å². The fraction of sp³-hybridized carbons (Fsp3) is 0.684. The number of aliphatic hydroxyl groups excluding tert-OH is 1. The molecule has 0 saturated heterocycles. The molecule has 0 amide bonds. The standard InChI is InChI=1S/C19H30O/c1-12(2)14(4)9-13(3)10-18(20)16-8-7-15-11-17(16)19(15,5)6/h8,15,17-18,20H,3,7,9-11H2,1-2,4-6H3/t15-,17-,18+/m0/s1. The van der Waals surface area contributed by atoms with Crippen LogP contribution in [-0.2, 0) is 0 Å². The van der Waals surface area contributed by atoms with Crippen LogP contribution in [0.5, 0.6) is 0 Å². The summed E-state index contributed by atoms with van der Waals surface area (Å²) in [5.74, 6) is 1.42. The average molecular weight is 274 g/mol. The zero-order chi connectivity index (χ0) is 15.1. The molecule has 0 aliphatic heterocycles. The van der Waals surface area contributed by atoms with Crippen LogP contribution in [0.2, 0.25) is 0 Å². The summed E-state index contributed by atoms with van der Waals surface area (Å²) in [6, 6.07) is 0. The van der Waals surface area contributed by atoms with Gasteiger partial charge in [0.2, 0.25) is 0 Å². The van der Waals surface area contributed by atoms with Crippen molar-refractivity contribution in [3.05, 3.63) is 34.9 Å². The van der Waals surface area contributed by atoms with Crippen molar-refractivity contribution in [2.24, 2.45) is 17.3 Å². The second-order valence-corrected chi connectivity index (χ2v) is 7.67. The van der Waals surface area contributed by atoms with Crippen molar-refractivity contribution in [1.82, 2.24) is 0 Å². The number of hydrogen-bond acceptors (Lipinski definition) is 1. The van der Waals surface area contributed by atoms with Crippen molar-refractivity contribution in [1.29, 1.82) is 0 Å². The highest BCUT2D eigenvalue weighted by molar-refractivity contribution is 5.28. The van der Waals surface area contributed by atoms with E-state index in [2.05, 4.69) is 47.3 Å². The highest BCUT2D eigenvalue weighted by Gasteiger charge is 2.52. The van der Waals surface area contributed by atoms with Gasteiger partial charge in [-0.05, 0) is 69.3 Å². The van der Waals surface area contributed by atoms with Gasteiger partial charge in [0.05, 0.1) is 6.10 Å². The summed E-state index contributed by atoms with van der Waals surface area (Å²) in [6.07, 6.45) is 6.04. The van der Waals surface area contributed by atoms with Crippen molar-refractivity contribution in [3.8, 4) is 0 Å². The van der Waals surface area contributed by atoms with Crippen molar-refractivity contribution >= 4 is 0 Å². The first-order valence-corrected chi connectivity index (χ1v) is 7.91. The third-order valence-corrected chi connectivity index (χ3v) is 5.75. The van der Waals surface area contributed by atoms with E-state index in [0.717, 1.165) is 24.3 Å². The second-order valence-electron chi connectivity index (χ2n) is 7.67. The molecule has 1 heteroatoms. The van der Waals surface area contributed by atoms with Crippen LogP contribution < -0.4 is 0 Å². The zero-order valence-corrected chi connectivity index (χ0v) is 13.8. The van der Waals surface area contributed by atoms with Gasteiger partial charge in [-0.25, -0.2) is 0 Å². The summed E-state index contributed by atoms with van der Waals surface area (Å²) in [4.78, 5) is 0. The largest absolute Gasteiger partial charge is 0.388 e. The Hall–Kier alpha value is -0.820. The molecule has 1 saturated carbocycles. The Kier molecular flexibility index (Phi) is 4.30. The number of fused-ring (bicyclic) bond motifs is 1. The van der Waals surface area contributed by atoms with Crippen molar-refractivity contribution in [3.63, 3.8) is 0 Å². The first kappa shape index (κ1) is 15.6. The minimum Gasteiger partial charge on any atom is -0.388 e. The minimum absolute atomic E-state index is 0.321. The van der Waals surface area contributed by atoms with E-state index in [1.165, 1.54) is 23.1 Å². The predicted molar refractivity (Wildman–Crippen MR) is 86.5 cm³/mol. The fourth-order valence-electron chi connectivity index (χ4n) is 3.79. The van der Waals surface area contributed by atoms with Gasteiger partial charge in [-0.15, -0.1) is 0 Å². The van der Waals surface area contributed by atoms with Gasteiger partial charge in [0.15, 0.2) is 0 Å². The lowest BCUT2D eigenvalue weighted by atomic mass is 9.48. The molecule has 3 aliphatic carbocycles. The van der Waals surface area contributed by atoms with E-state index in [9.17, 15) is 5.11 Å². The van der Waals surface area contributed by atoms with Crippen LogP contribution in [0.25, 0.3) is 0 Å².